The van der Waals surface area contributed by atoms with E-state index < -0.39 is 22.7 Å². The van der Waals surface area contributed by atoms with Crippen LogP contribution in [0.3, 0.4) is 0 Å². The van der Waals surface area contributed by atoms with E-state index in [0.717, 1.165) is 5.56 Å². The van der Waals surface area contributed by atoms with Crippen molar-refractivity contribution in [2.45, 2.75) is 39.0 Å². The van der Waals surface area contributed by atoms with Gasteiger partial charge in [-0.15, -0.1) is 0 Å². The first-order valence-corrected chi connectivity index (χ1v) is 12.2. The van der Waals surface area contributed by atoms with Crippen LogP contribution in [0, 0.1) is 12.3 Å². The maximum atomic E-state index is 14.0. The molecule has 5 rings (SSSR count). The number of ketones is 1. The highest BCUT2D eigenvalue weighted by Crippen LogP contribution is 2.57. The lowest BCUT2D eigenvalue weighted by atomic mass is 9.60. The highest BCUT2D eigenvalue weighted by atomic mass is 35.5. The van der Waals surface area contributed by atoms with Gasteiger partial charge in [-0.3, -0.25) is 14.5 Å². The molecule has 0 fully saturated rings. The van der Waals surface area contributed by atoms with Crippen molar-refractivity contribution in [3.05, 3.63) is 80.2 Å². The van der Waals surface area contributed by atoms with E-state index in [9.17, 15) is 14.4 Å². The molecule has 0 bridgehead atoms. The molecule has 1 spiro atoms. The van der Waals surface area contributed by atoms with Gasteiger partial charge in [0.05, 0.1) is 17.2 Å². The number of nitrogens with two attached hydrogens (primary N) is 1. The van der Waals surface area contributed by atoms with Gasteiger partial charge in [0.15, 0.2) is 5.78 Å². The summed E-state index contributed by atoms with van der Waals surface area (Å²) in [6, 6.07) is 10.4. The number of nitrogens with one attached hydrogen (secondary N) is 1. The zero-order valence-corrected chi connectivity index (χ0v) is 21.8. The molecular formula is C27H25Cl2N3O4. The fourth-order valence-electron chi connectivity index (χ4n) is 5.67. The van der Waals surface area contributed by atoms with Crippen molar-refractivity contribution in [2.75, 3.05) is 17.3 Å². The third kappa shape index (κ3) is 3.29. The predicted octanol–water partition coefficient (Wildman–Crippen LogP) is 5.00. The van der Waals surface area contributed by atoms with Crippen LogP contribution < -0.4 is 16.0 Å². The molecule has 2 aromatic carbocycles. The minimum Gasteiger partial charge on any atom is -0.466 e. The molecular weight excluding hydrogens is 501 g/mol. The van der Waals surface area contributed by atoms with Crippen LogP contribution in [0.4, 0.5) is 11.4 Å². The van der Waals surface area contributed by atoms with Crippen molar-refractivity contribution in [1.82, 2.24) is 0 Å². The van der Waals surface area contributed by atoms with Gasteiger partial charge in [0.2, 0.25) is 5.91 Å². The molecule has 3 aliphatic rings. The lowest BCUT2D eigenvalue weighted by Gasteiger charge is -2.47. The van der Waals surface area contributed by atoms with E-state index in [1.165, 1.54) is 7.11 Å². The number of aryl methyl sites for hydroxylation is 1. The number of fused-ring (bicyclic) bond motifs is 3. The van der Waals surface area contributed by atoms with E-state index in [1.54, 1.807) is 29.2 Å². The molecule has 2 aliphatic heterocycles. The number of benzene rings is 2. The molecule has 1 atom stereocenters. The van der Waals surface area contributed by atoms with Crippen LogP contribution in [0.5, 0.6) is 0 Å². The number of ether oxygens (including phenoxy) is 1. The van der Waals surface area contributed by atoms with Gasteiger partial charge in [-0.1, -0.05) is 54.7 Å². The van der Waals surface area contributed by atoms with Crippen molar-refractivity contribution in [3.63, 3.8) is 0 Å². The minimum atomic E-state index is -1.74. The molecule has 0 aromatic heterocycles. The van der Waals surface area contributed by atoms with Crippen LogP contribution in [0.15, 0.2) is 59.1 Å². The maximum Gasteiger partial charge on any atom is 0.339 e. The number of nitrogens with zero attached hydrogens (tertiary/aromatic N) is 1. The minimum absolute atomic E-state index is 0.00556. The highest BCUT2D eigenvalue weighted by molar-refractivity contribution is 6.42. The van der Waals surface area contributed by atoms with Crippen LogP contribution in [0.1, 0.15) is 37.8 Å². The van der Waals surface area contributed by atoms with Gasteiger partial charge in [0.25, 0.3) is 0 Å². The number of amides is 1. The number of allylic oxidation sites excluding steroid dienone is 1. The van der Waals surface area contributed by atoms with Gasteiger partial charge in [0, 0.05) is 34.6 Å². The summed E-state index contributed by atoms with van der Waals surface area (Å²) in [4.78, 5) is 43.0. The van der Waals surface area contributed by atoms with Gasteiger partial charge < -0.3 is 15.8 Å². The first-order valence-electron chi connectivity index (χ1n) is 11.5. The molecule has 1 amide bonds. The molecule has 186 valence electrons. The molecule has 9 heteroatoms. The third-order valence-corrected chi connectivity index (χ3v) is 7.83. The number of carbonyl (C=O) groups excluding carboxylic acids is 3. The Morgan fingerprint density at radius 2 is 1.81 bits per heavy atom. The number of halogens is 2. The monoisotopic (exact) mass is 525 g/mol. The van der Waals surface area contributed by atoms with Crippen molar-refractivity contribution in [3.8, 4) is 0 Å². The van der Waals surface area contributed by atoms with Crippen LogP contribution in [-0.4, -0.2) is 24.8 Å². The summed E-state index contributed by atoms with van der Waals surface area (Å²) in [6.45, 7) is 5.85. The average molecular weight is 526 g/mol. The topological polar surface area (TPSA) is 102 Å². The average Bonchev–Trinajstić information content (AvgIpc) is 3.06. The summed E-state index contributed by atoms with van der Waals surface area (Å²) in [5.41, 5.74) is 7.69. The van der Waals surface area contributed by atoms with E-state index in [0.29, 0.717) is 34.1 Å². The van der Waals surface area contributed by atoms with Gasteiger partial charge in [-0.2, -0.15) is 0 Å². The molecule has 3 N–H and O–H groups in total. The second-order valence-corrected chi connectivity index (χ2v) is 11.0. The van der Waals surface area contributed by atoms with Crippen molar-refractivity contribution in [2.24, 2.45) is 11.1 Å². The summed E-state index contributed by atoms with van der Waals surface area (Å²) >= 11 is 12.5. The maximum absolute atomic E-state index is 14.0. The highest BCUT2D eigenvalue weighted by Gasteiger charge is 2.63. The standard InChI is InChI=1S/C27H25Cl2N3O4/c1-13-5-8-18-15(9-13)27(25(35)31-18)21-19(11-26(2,3)12-20(21)33)32(23(30)22(27)24(34)36-4)14-6-7-16(28)17(29)10-14/h5-10H,11-12,30H2,1-4H3,(H,31,35). The summed E-state index contributed by atoms with van der Waals surface area (Å²) in [7, 11) is 1.22. The Balaban J connectivity index is 1.94. The predicted molar refractivity (Wildman–Crippen MR) is 139 cm³/mol. The second kappa shape index (κ2) is 8.11. The van der Waals surface area contributed by atoms with E-state index in [4.69, 9.17) is 33.7 Å². The Morgan fingerprint density at radius 3 is 2.47 bits per heavy atom. The lowest BCUT2D eigenvalue weighted by Crippen LogP contribution is -2.54. The molecule has 0 saturated heterocycles. The number of hydrogen-bond donors (Lipinski definition) is 2. The number of esters is 1. The van der Waals surface area contributed by atoms with Crippen LogP contribution in [0.25, 0.3) is 0 Å². The van der Waals surface area contributed by atoms with Gasteiger partial charge >= 0.3 is 5.97 Å². The zero-order valence-electron chi connectivity index (χ0n) is 20.3. The third-order valence-electron chi connectivity index (χ3n) is 7.09. The van der Waals surface area contributed by atoms with E-state index in [2.05, 4.69) is 5.32 Å². The number of rotatable bonds is 2. The fourth-order valence-corrected chi connectivity index (χ4v) is 5.96. The van der Waals surface area contributed by atoms with Crippen molar-refractivity contribution >= 4 is 52.2 Å². The quantitative estimate of drug-likeness (QED) is 0.535. The first-order chi connectivity index (χ1) is 16.9. The Kier molecular flexibility index (Phi) is 5.50. The smallest absolute Gasteiger partial charge is 0.339 e. The van der Waals surface area contributed by atoms with Gasteiger partial charge in [0.1, 0.15) is 16.8 Å². The summed E-state index contributed by atoms with van der Waals surface area (Å²) in [5.74, 6) is -1.55. The molecule has 0 saturated carbocycles. The SMILES string of the molecule is COC(=O)C1=C(N)N(c2ccc(Cl)c(Cl)c2)C2=C(C(=O)CC(C)(C)C2)C12C(=O)Nc1ccc(C)cc12. The van der Waals surface area contributed by atoms with E-state index in [-0.39, 0.29) is 34.2 Å². The molecule has 2 heterocycles. The molecule has 1 unspecified atom stereocenters. The van der Waals surface area contributed by atoms with E-state index in [1.807, 2.05) is 32.9 Å². The molecule has 1 aliphatic carbocycles. The Bertz CT molecular complexity index is 1440. The molecule has 0 radical (unpaired) electrons. The largest absolute Gasteiger partial charge is 0.466 e. The van der Waals surface area contributed by atoms with Crippen LogP contribution in [0.2, 0.25) is 10.0 Å². The lowest BCUT2D eigenvalue weighted by molar-refractivity contribution is -0.138. The summed E-state index contributed by atoms with van der Waals surface area (Å²) in [5, 5.41) is 3.51. The normalized spacial score (nSPS) is 22.6. The Morgan fingerprint density at radius 1 is 1.08 bits per heavy atom. The molecule has 7 nitrogen and oxygen atoms in total. The summed E-state index contributed by atoms with van der Waals surface area (Å²) < 4.78 is 5.16. The Labute approximate surface area is 218 Å². The van der Waals surface area contributed by atoms with Crippen molar-refractivity contribution in [1.29, 1.82) is 0 Å². The van der Waals surface area contributed by atoms with Crippen LogP contribution >= 0.6 is 23.2 Å². The second-order valence-electron chi connectivity index (χ2n) is 10.2. The number of methoxy groups -OCH3 is 1. The zero-order chi connectivity index (χ0) is 26.2. The molecule has 2 aromatic rings. The van der Waals surface area contributed by atoms with Gasteiger partial charge in [-0.25, -0.2) is 4.79 Å². The number of Topliss-reactive ketones (excluding diaryl/α,β-unsaturated/α-hetero) is 1. The first kappa shape index (κ1) is 24.4. The van der Waals surface area contributed by atoms with Gasteiger partial charge in [-0.05, 0) is 43.0 Å². The number of anilines is 2. The van der Waals surface area contributed by atoms with Crippen molar-refractivity contribution < 1.29 is 19.1 Å². The van der Waals surface area contributed by atoms with E-state index >= 15 is 0 Å². The van der Waals surface area contributed by atoms with Crippen LogP contribution in [-0.2, 0) is 24.5 Å². The number of carbonyl (C=O) groups is 3. The number of hydrogen-bond acceptors (Lipinski definition) is 6. The fraction of sp³-hybridized carbons (Fsp3) is 0.296. The Hall–Kier alpha value is -3.29. The molecule has 36 heavy (non-hydrogen) atoms. The summed E-state index contributed by atoms with van der Waals surface area (Å²) in [6.07, 6.45) is 0.630.